The number of piperidine rings is 1. The molecule has 1 aromatic carbocycles. The highest BCUT2D eigenvalue weighted by Gasteiger charge is 2.24. The first-order valence-corrected chi connectivity index (χ1v) is 12.6. The van der Waals surface area contributed by atoms with E-state index in [1.54, 1.807) is 12.4 Å². The van der Waals surface area contributed by atoms with Gasteiger partial charge in [0, 0.05) is 77.1 Å². The van der Waals surface area contributed by atoms with Crippen molar-refractivity contribution in [3.63, 3.8) is 0 Å². The molecular weight excluding hydrogens is 422 g/mol. The Kier molecular flexibility index (Phi) is 7.73. The SMILES string of the molecule is c1ccc(CN2CCN(Cc3ccnc(N4CCCCC4)n3)C[C@@H](Cc3cnccn3)C2)cc1. The van der Waals surface area contributed by atoms with Crippen molar-refractivity contribution < 1.29 is 0 Å². The van der Waals surface area contributed by atoms with Gasteiger partial charge in [0.1, 0.15) is 0 Å². The maximum atomic E-state index is 4.95. The molecule has 0 unspecified atom stereocenters. The van der Waals surface area contributed by atoms with Crippen molar-refractivity contribution in [3.05, 3.63) is 78.1 Å². The Bertz CT molecular complexity index is 1010. The molecule has 0 spiro atoms. The zero-order valence-electron chi connectivity index (χ0n) is 20.0. The summed E-state index contributed by atoms with van der Waals surface area (Å²) in [6.07, 6.45) is 12.1. The largest absolute Gasteiger partial charge is 0.341 e. The molecule has 2 saturated heterocycles. The summed E-state index contributed by atoms with van der Waals surface area (Å²) in [5, 5.41) is 0. The summed E-state index contributed by atoms with van der Waals surface area (Å²) in [5.41, 5.74) is 3.56. The van der Waals surface area contributed by atoms with Crippen LogP contribution >= 0.6 is 0 Å². The molecule has 178 valence electrons. The number of anilines is 1. The summed E-state index contributed by atoms with van der Waals surface area (Å²) in [7, 11) is 0. The summed E-state index contributed by atoms with van der Waals surface area (Å²) < 4.78 is 0. The second kappa shape index (κ2) is 11.5. The van der Waals surface area contributed by atoms with E-state index in [-0.39, 0.29) is 0 Å². The van der Waals surface area contributed by atoms with Gasteiger partial charge in [-0.05, 0) is 43.2 Å². The van der Waals surface area contributed by atoms with Gasteiger partial charge in [0.15, 0.2) is 0 Å². The van der Waals surface area contributed by atoms with Crippen LogP contribution in [0, 0.1) is 5.92 Å². The lowest BCUT2D eigenvalue weighted by Gasteiger charge is -2.27. The highest BCUT2D eigenvalue weighted by molar-refractivity contribution is 5.30. The fourth-order valence-corrected chi connectivity index (χ4v) is 5.19. The fraction of sp³-hybridized carbons (Fsp3) is 0.481. The maximum Gasteiger partial charge on any atom is 0.225 e. The molecule has 4 heterocycles. The molecule has 3 aromatic rings. The van der Waals surface area contributed by atoms with Gasteiger partial charge in [-0.3, -0.25) is 19.8 Å². The van der Waals surface area contributed by atoms with Crippen molar-refractivity contribution in [1.29, 1.82) is 0 Å². The molecule has 2 fully saturated rings. The number of nitrogens with zero attached hydrogens (tertiary/aromatic N) is 7. The summed E-state index contributed by atoms with van der Waals surface area (Å²) in [6, 6.07) is 12.9. The van der Waals surface area contributed by atoms with E-state index in [4.69, 9.17) is 4.98 Å². The molecule has 0 bridgehead atoms. The summed E-state index contributed by atoms with van der Waals surface area (Å²) in [6.45, 7) is 8.17. The Labute approximate surface area is 202 Å². The molecule has 2 aliphatic heterocycles. The zero-order chi connectivity index (χ0) is 23.0. The van der Waals surface area contributed by atoms with Crippen molar-refractivity contribution in [1.82, 2.24) is 29.7 Å². The predicted octanol–water partition coefficient (Wildman–Crippen LogP) is 3.43. The van der Waals surface area contributed by atoms with Gasteiger partial charge in [0.25, 0.3) is 0 Å². The molecule has 2 aliphatic rings. The van der Waals surface area contributed by atoms with Gasteiger partial charge in [0.2, 0.25) is 5.95 Å². The Morgan fingerprint density at radius 3 is 2.29 bits per heavy atom. The van der Waals surface area contributed by atoms with E-state index in [1.807, 2.05) is 12.4 Å². The predicted molar refractivity (Wildman–Crippen MR) is 134 cm³/mol. The average Bonchev–Trinajstić information content (AvgIpc) is 3.07. The number of benzene rings is 1. The lowest BCUT2D eigenvalue weighted by atomic mass is 10.0. The third-order valence-corrected chi connectivity index (χ3v) is 6.85. The van der Waals surface area contributed by atoms with E-state index >= 15 is 0 Å². The van der Waals surface area contributed by atoms with Crippen LogP contribution in [-0.2, 0) is 19.5 Å². The van der Waals surface area contributed by atoms with E-state index in [0.717, 1.165) is 76.1 Å². The molecule has 7 nitrogen and oxygen atoms in total. The van der Waals surface area contributed by atoms with Gasteiger partial charge in [-0.1, -0.05) is 30.3 Å². The number of hydrogen-bond donors (Lipinski definition) is 0. The van der Waals surface area contributed by atoms with Gasteiger partial charge in [-0.25, -0.2) is 9.97 Å². The molecule has 0 radical (unpaired) electrons. The first-order chi connectivity index (χ1) is 16.8. The van der Waals surface area contributed by atoms with Crippen LogP contribution in [0.1, 0.15) is 36.2 Å². The molecule has 34 heavy (non-hydrogen) atoms. The molecule has 0 aliphatic carbocycles. The van der Waals surface area contributed by atoms with Crippen molar-refractivity contribution in [3.8, 4) is 0 Å². The van der Waals surface area contributed by atoms with Crippen LogP contribution in [0.25, 0.3) is 0 Å². The van der Waals surface area contributed by atoms with Crippen LogP contribution in [0.15, 0.2) is 61.2 Å². The smallest absolute Gasteiger partial charge is 0.225 e. The normalized spacial score (nSPS) is 20.2. The van der Waals surface area contributed by atoms with Gasteiger partial charge < -0.3 is 4.90 Å². The van der Waals surface area contributed by atoms with E-state index in [2.05, 4.69) is 66.0 Å². The standard InChI is InChI=1S/C27H35N7/c1-3-7-23(8-4-1)19-32-15-16-33(21-24(20-32)17-26-18-28-11-12-29-26)22-25-9-10-30-27(31-25)34-13-5-2-6-14-34/h1,3-4,7-12,18,24H,2,5-6,13-17,19-22H2/t24-/m0/s1. The zero-order valence-corrected chi connectivity index (χ0v) is 20.0. The van der Waals surface area contributed by atoms with Gasteiger partial charge in [-0.15, -0.1) is 0 Å². The minimum absolute atomic E-state index is 0.492. The van der Waals surface area contributed by atoms with E-state index in [9.17, 15) is 0 Å². The molecule has 0 amide bonds. The van der Waals surface area contributed by atoms with E-state index in [1.165, 1.54) is 24.8 Å². The number of aromatic nitrogens is 4. The van der Waals surface area contributed by atoms with Crippen LogP contribution in [0.4, 0.5) is 5.95 Å². The van der Waals surface area contributed by atoms with Crippen molar-refractivity contribution in [2.24, 2.45) is 5.92 Å². The van der Waals surface area contributed by atoms with Gasteiger partial charge in [0.05, 0.1) is 11.4 Å². The Balaban J connectivity index is 1.29. The van der Waals surface area contributed by atoms with Crippen LogP contribution < -0.4 is 4.90 Å². The lowest BCUT2D eigenvalue weighted by Crippen LogP contribution is -2.33. The number of rotatable bonds is 7. The fourth-order valence-electron chi connectivity index (χ4n) is 5.19. The van der Waals surface area contributed by atoms with E-state index < -0.39 is 0 Å². The molecule has 1 atom stereocenters. The van der Waals surface area contributed by atoms with Crippen LogP contribution in [0.5, 0.6) is 0 Å². The summed E-state index contributed by atoms with van der Waals surface area (Å²) in [4.78, 5) is 25.9. The minimum Gasteiger partial charge on any atom is -0.341 e. The van der Waals surface area contributed by atoms with Gasteiger partial charge in [-0.2, -0.15) is 0 Å². The van der Waals surface area contributed by atoms with E-state index in [0.29, 0.717) is 5.92 Å². The monoisotopic (exact) mass is 457 g/mol. The minimum atomic E-state index is 0.492. The van der Waals surface area contributed by atoms with Crippen LogP contribution in [0.3, 0.4) is 0 Å². The number of hydrogen-bond acceptors (Lipinski definition) is 7. The summed E-state index contributed by atoms with van der Waals surface area (Å²) >= 11 is 0. The molecule has 0 N–H and O–H groups in total. The molecule has 2 aromatic heterocycles. The van der Waals surface area contributed by atoms with Crippen molar-refractivity contribution in [2.45, 2.75) is 38.8 Å². The van der Waals surface area contributed by atoms with Crippen LogP contribution in [0.2, 0.25) is 0 Å². The lowest BCUT2D eigenvalue weighted by molar-refractivity contribution is 0.245. The highest BCUT2D eigenvalue weighted by Crippen LogP contribution is 2.19. The van der Waals surface area contributed by atoms with Crippen molar-refractivity contribution in [2.75, 3.05) is 44.2 Å². The highest BCUT2D eigenvalue weighted by atomic mass is 15.3. The van der Waals surface area contributed by atoms with Gasteiger partial charge >= 0.3 is 0 Å². The first-order valence-electron chi connectivity index (χ1n) is 12.6. The third kappa shape index (κ3) is 6.36. The Morgan fingerprint density at radius 2 is 1.53 bits per heavy atom. The molecule has 0 saturated carbocycles. The first kappa shape index (κ1) is 22.9. The third-order valence-electron chi connectivity index (χ3n) is 6.85. The topological polar surface area (TPSA) is 61.3 Å². The molecule has 7 heteroatoms. The second-order valence-electron chi connectivity index (χ2n) is 9.62. The maximum absolute atomic E-state index is 4.95. The Morgan fingerprint density at radius 1 is 0.735 bits per heavy atom. The average molecular weight is 458 g/mol. The molecular formula is C27H35N7. The van der Waals surface area contributed by atoms with Crippen molar-refractivity contribution >= 4 is 5.95 Å². The van der Waals surface area contributed by atoms with Crippen LogP contribution in [-0.4, -0.2) is 69.0 Å². The Hall–Kier alpha value is -2.90. The molecule has 5 rings (SSSR count). The summed E-state index contributed by atoms with van der Waals surface area (Å²) in [5.74, 6) is 1.39. The second-order valence-corrected chi connectivity index (χ2v) is 9.62. The quantitative estimate of drug-likeness (QED) is 0.539.